The van der Waals surface area contributed by atoms with E-state index in [9.17, 15) is 0 Å². The number of anilines is 2. The third-order valence-electron chi connectivity index (χ3n) is 3.91. The van der Waals surface area contributed by atoms with Gasteiger partial charge in [0.25, 0.3) is 0 Å². The van der Waals surface area contributed by atoms with Crippen molar-refractivity contribution in [3.05, 3.63) is 34.3 Å². The Hall–Kier alpha value is -1.62. The van der Waals surface area contributed by atoms with Gasteiger partial charge >= 0.3 is 0 Å². The number of rotatable bonds is 5. The van der Waals surface area contributed by atoms with E-state index in [1.807, 2.05) is 6.07 Å². The molecule has 2 aliphatic carbocycles. The largest absolute Gasteiger partial charge is 0.384 e. The van der Waals surface area contributed by atoms with Gasteiger partial charge in [-0.05, 0) is 48.1 Å². The predicted octanol–water partition coefficient (Wildman–Crippen LogP) is 3.17. The summed E-state index contributed by atoms with van der Waals surface area (Å²) in [5.74, 6) is 3.09. The minimum absolute atomic E-state index is 0.541. The Morgan fingerprint density at radius 3 is 2.75 bits per heavy atom. The van der Waals surface area contributed by atoms with Crippen molar-refractivity contribution in [3.8, 4) is 0 Å². The quantitative estimate of drug-likeness (QED) is 0.917. The molecule has 0 bridgehead atoms. The lowest BCUT2D eigenvalue weighted by molar-refractivity contribution is 0.767. The van der Waals surface area contributed by atoms with Gasteiger partial charge < -0.3 is 10.6 Å². The highest BCUT2D eigenvalue weighted by Gasteiger charge is 2.32. The van der Waals surface area contributed by atoms with E-state index in [2.05, 4.69) is 26.7 Å². The molecule has 2 aromatic rings. The number of nitrogen functional groups attached to an aromatic ring is 1. The molecule has 2 heterocycles. The summed E-state index contributed by atoms with van der Waals surface area (Å²) in [5, 5.41) is 4.34. The predicted molar refractivity (Wildman–Crippen MR) is 81.9 cm³/mol. The minimum Gasteiger partial charge on any atom is -0.384 e. The fraction of sp³-hybridized carbons (Fsp3) is 0.467. The highest BCUT2D eigenvalue weighted by Crippen LogP contribution is 2.40. The van der Waals surface area contributed by atoms with E-state index < -0.39 is 0 Å². The van der Waals surface area contributed by atoms with Crippen molar-refractivity contribution >= 4 is 23.0 Å². The molecule has 0 spiro atoms. The van der Waals surface area contributed by atoms with E-state index >= 15 is 0 Å². The molecule has 0 amide bonds. The lowest BCUT2D eigenvalue weighted by atomic mass is 10.3. The van der Waals surface area contributed by atoms with Crippen molar-refractivity contribution in [2.75, 3.05) is 10.6 Å². The summed E-state index contributed by atoms with van der Waals surface area (Å²) >= 11 is 1.75. The zero-order valence-electron chi connectivity index (χ0n) is 11.3. The van der Waals surface area contributed by atoms with Crippen LogP contribution in [0.15, 0.2) is 22.9 Å². The smallest absolute Gasteiger partial charge is 0.136 e. The van der Waals surface area contributed by atoms with Gasteiger partial charge in [0.05, 0.1) is 0 Å². The summed E-state index contributed by atoms with van der Waals surface area (Å²) in [5.41, 5.74) is 7.33. The lowest BCUT2D eigenvalue weighted by Crippen LogP contribution is -2.26. The van der Waals surface area contributed by atoms with Crippen molar-refractivity contribution in [3.63, 3.8) is 0 Å². The monoisotopic (exact) mass is 286 g/mol. The molecule has 2 saturated carbocycles. The molecule has 2 aliphatic rings. The fourth-order valence-corrected chi connectivity index (χ4v) is 3.17. The van der Waals surface area contributed by atoms with Crippen LogP contribution in [0.5, 0.6) is 0 Å². The van der Waals surface area contributed by atoms with Crippen LogP contribution in [0.3, 0.4) is 0 Å². The first-order chi connectivity index (χ1) is 9.79. The first kappa shape index (κ1) is 12.1. The Labute approximate surface area is 122 Å². The Morgan fingerprint density at radius 2 is 2.10 bits per heavy atom. The molecule has 5 heteroatoms. The maximum Gasteiger partial charge on any atom is 0.136 e. The molecule has 0 unspecified atom stereocenters. The van der Waals surface area contributed by atoms with Gasteiger partial charge in [0, 0.05) is 24.6 Å². The van der Waals surface area contributed by atoms with Crippen molar-refractivity contribution < 1.29 is 0 Å². The maximum absolute atomic E-state index is 5.98. The van der Waals surface area contributed by atoms with Crippen LogP contribution in [-0.4, -0.2) is 16.0 Å². The minimum atomic E-state index is 0.541. The summed E-state index contributed by atoms with van der Waals surface area (Å²) in [4.78, 5) is 11.6. The number of hydrogen-bond acceptors (Lipinski definition) is 5. The molecule has 20 heavy (non-hydrogen) atoms. The van der Waals surface area contributed by atoms with Crippen molar-refractivity contribution in [1.82, 2.24) is 9.97 Å². The zero-order chi connectivity index (χ0) is 13.5. The first-order valence-corrected chi connectivity index (χ1v) is 8.16. The van der Waals surface area contributed by atoms with Crippen LogP contribution in [0.2, 0.25) is 0 Å². The Balaban J connectivity index is 1.65. The Kier molecular flexibility index (Phi) is 2.88. The molecule has 4 nitrogen and oxygen atoms in total. The summed E-state index contributed by atoms with van der Waals surface area (Å²) in [6.07, 6.45) is 4.92. The summed E-state index contributed by atoms with van der Waals surface area (Å²) in [6.45, 7) is 0.925. The van der Waals surface area contributed by atoms with Crippen LogP contribution < -0.4 is 10.6 Å². The molecule has 2 N–H and O–H groups in total. The average molecular weight is 286 g/mol. The molecule has 0 aliphatic heterocycles. The van der Waals surface area contributed by atoms with E-state index in [1.54, 1.807) is 11.3 Å². The lowest BCUT2D eigenvalue weighted by Gasteiger charge is -2.23. The molecule has 104 valence electrons. The molecular formula is C15H18N4S. The maximum atomic E-state index is 5.98. The van der Waals surface area contributed by atoms with Crippen LogP contribution in [-0.2, 0) is 6.54 Å². The number of hydrogen-bond donors (Lipinski definition) is 1. The zero-order valence-corrected chi connectivity index (χ0v) is 12.1. The van der Waals surface area contributed by atoms with Crippen LogP contribution >= 0.6 is 11.3 Å². The van der Waals surface area contributed by atoms with E-state index in [0.29, 0.717) is 17.8 Å². The fourth-order valence-electron chi connectivity index (χ4n) is 2.51. The number of aromatic nitrogens is 2. The van der Waals surface area contributed by atoms with Gasteiger partial charge in [-0.2, -0.15) is 11.3 Å². The van der Waals surface area contributed by atoms with E-state index in [1.165, 1.54) is 31.2 Å². The number of thiophene rings is 1. The standard InChI is InChI=1S/C15H18N4S/c16-13-7-14(18-15(17-13)11-1-2-11)19(12-3-4-12)8-10-5-6-20-9-10/h5-7,9,11-12H,1-4,8H2,(H2,16,17,18). The molecule has 0 aromatic carbocycles. The van der Waals surface area contributed by atoms with E-state index in [0.717, 1.165) is 18.2 Å². The van der Waals surface area contributed by atoms with E-state index in [4.69, 9.17) is 10.7 Å². The van der Waals surface area contributed by atoms with Crippen molar-refractivity contribution in [2.24, 2.45) is 0 Å². The summed E-state index contributed by atoms with van der Waals surface area (Å²) in [7, 11) is 0. The Morgan fingerprint density at radius 1 is 1.25 bits per heavy atom. The average Bonchev–Trinajstić information content (AvgIpc) is 3.35. The molecule has 2 aromatic heterocycles. The molecule has 2 fully saturated rings. The van der Waals surface area contributed by atoms with Gasteiger partial charge in [0.2, 0.25) is 0 Å². The van der Waals surface area contributed by atoms with Crippen LogP contribution in [0.25, 0.3) is 0 Å². The summed E-state index contributed by atoms with van der Waals surface area (Å²) in [6, 6.07) is 4.74. The SMILES string of the molecule is Nc1cc(N(Cc2ccsc2)C2CC2)nc(C2CC2)n1. The first-order valence-electron chi connectivity index (χ1n) is 7.22. The van der Waals surface area contributed by atoms with Gasteiger partial charge in [0.15, 0.2) is 0 Å². The van der Waals surface area contributed by atoms with Crippen LogP contribution in [0, 0.1) is 0 Å². The van der Waals surface area contributed by atoms with Crippen molar-refractivity contribution in [1.29, 1.82) is 0 Å². The van der Waals surface area contributed by atoms with Crippen LogP contribution in [0.4, 0.5) is 11.6 Å². The number of nitrogens with zero attached hydrogens (tertiary/aromatic N) is 3. The topological polar surface area (TPSA) is 55.0 Å². The molecule has 0 saturated heterocycles. The third-order valence-corrected chi connectivity index (χ3v) is 4.64. The summed E-state index contributed by atoms with van der Waals surface area (Å²) < 4.78 is 0. The molecule has 0 atom stereocenters. The number of nitrogens with two attached hydrogens (primary N) is 1. The highest BCUT2D eigenvalue weighted by molar-refractivity contribution is 7.07. The second kappa shape index (κ2) is 4.74. The second-order valence-corrected chi connectivity index (χ2v) is 6.55. The van der Waals surface area contributed by atoms with Gasteiger partial charge in [-0.25, -0.2) is 9.97 Å². The van der Waals surface area contributed by atoms with Gasteiger partial charge in [-0.1, -0.05) is 0 Å². The third kappa shape index (κ3) is 2.50. The Bertz CT molecular complexity index is 602. The van der Waals surface area contributed by atoms with Gasteiger partial charge in [0.1, 0.15) is 17.5 Å². The van der Waals surface area contributed by atoms with E-state index in [-0.39, 0.29) is 0 Å². The molecular weight excluding hydrogens is 268 g/mol. The second-order valence-electron chi connectivity index (χ2n) is 5.77. The van der Waals surface area contributed by atoms with Crippen LogP contribution in [0.1, 0.15) is 43.0 Å². The van der Waals surface area contributed by atoms with Gasteiger partial charge in [-0.15, -0.1) is 0 Å². The van der Waals surface area contributed by atoms with Crippen molar-refractivity contribution in [2.45, 2.75) is 44.2 Å². The normalized spacial score (nSPS) is 18.2. The molecule has 0 radical (unpaired) electrons. The highest BCUT2D eigenvalue weighted by atomic mass is 32.1. The van der Waals surface area contributed by atoms with Gasteiger partial charge in [-0.3, -0.25) is 0 Å². The molecule has 4 rings (SSSR count).